The summed E-state index contributed by atoms with van der Waals surface area (Å²) >= 11 is 0. The molecule has 0 atom stereocenters. The Kier molecular flexibility index (Phi) is 8.22. The predicted molar refractivity (Wildman–Crippen MR) is 85.2 cm³/mol. The molecule has 0 fully saturated rings. The fourth-order valence-corrected chi connectivity index (χ4v) is 1.73. The number of rotatable bonds is 10. The number of amides is 1. The van der Waals surface area contributed by atoms with Crippen LogP contribution in [0.4, 0.5) is 0 Å². The first kappa shape index (κ1) is 18.2. The van der Waals surface area contributed by atoms with E-state index in [1.165, 1.54) is 6.92 Å². The molecule has 0 radical (unpaired) electrons. The molecule has 0 aromatic heterocycles. The molecule has 1 amide bonds. The fraction of sp³-hybridized carbons (Fsp3) is 0.529. The number of nitrogens with one attached hydrogen (secondary N) is 1. The summed E-state index contributed by atoms with van der Waals surface area (Å²) in [5, 5.41) is 2.77. The average Bonchev–Trinajstić information content (AvgIpc) is 2.48. The largest absolute Gasteiger partial charge is 0.484 e. The summed E-state index contributed by atoms with van der Waals surface area (Å²) in [6.45, 7) is 7.57. The Morgan fingerprint density at radius 2 is 2.05 bits per heavy atom. The van der Waals surface area contributed by atoms with Gasteiger partial charge in [-0.05, 0) is 31.4 Å². The van der Waals surface area contributed by atoms with Gasteiger partial charge in [0.2, 0.25) is 0 Å². The van der Waals surface area contributed by atoms with Crippen LogP contribution in [0, 0.1) is 5.92 Å². The molecule has 0 heterocycles. The van der Waals surface area contributed by atoms with Crippen LogP contribution in [-0.4, -0.2) is 38.1 Å². The van der Waals surface area contributed by atoms with Gasteiger partial charge in [0.1, 0.15) is 5.75 Å². The van der Waals surface area contributed by atoms with Crippen LogP contribution in [0.3, 0.4) is 0 Å². The van der Waals surface area contributed by atoms with Crippen LogP contribution >= 0.6 is 0 Å². The topological polar surface area (TPSA) is 64.6 Å². The number of benzene rings is 1. The van der Waals surface area contributed by atoms with E-state index in [0.717, 1.165) is 13.0 Å². The van der Waals surface area contributed by atoms with Crippen molar-refractivity contribution in [1.82, 2.24) is 5.32 Å². The highest BCUT2D eigenvalue weighted by atomic mass is 16.5. The van der Waals surface area contributed by atoms with Crippen molar-refractivity contribution >= 4 is 11.7 Å². The minimum atomic E-state index is -0.183. The molecule has 0 spiro atoms. The van der Waals surface area contributed by atoms with Crippen LogP contribution in [0.5, 0.6) is 5.75 Å². The molecule has 0 saturated carbocycles. The normalized spacial score (nSPS) is 10.5. The van der Waals surface area contributed by atoms with Gasteiger partial charge in [-0.2, -0.15) is 0 Å². The molecule has 0 aliphatic rings. The summed E-state index contributed by atoms with van der Waals surface area (Å²) in [7, 11) is 0. The smallest absolute Gasteiger partial charge is 0.257 e. The van der Waals surface area contributed by atoms with Crippen molar-refractivity contribution in [2.45, 2.75) is 27.2 Å². The van der Waals surface area contributed by atoms with Crippen molar-refractivity contribution in [2.24, 2.45) is 5.92 Å². The number of ketones is 1. The molecule has 0 aliphatic carbocycles. The number of hydrogen-bond acceptors (Lipinski definition) is 4. The minimum absolute atomic E-state index is 0.0312. The van der Waals surface area contributed by atoms with Gasteiger partial charge in [0.25, 0.3) is 5.91 Å². The lowest BCUT2D eigenvalue weighted by atomic mass is 10.1. The van der Waals surface area contributed by atoms with E-state index >= 15 is 0 Å². The number of ether oxygens (including phenoxy) is 2. The first-order chi connectivity index (χ1) is 10.5. The van der Waals surface area contributed by atoms with Crippen molar-refractivity contribution in [3.8, 4) is 5.75 Å². The monoisotopic (exact) mass is 307 g/mol. The average molecular weight is 307 g/mol. The lowest BCUT2D eigenvalue weighted by Crippen LogP contribution is -2.30. The number of carbonyl (C=O) groups is 2. The Hall–Kier alpha value is -1.88. The molecule has 122 valence electrons. The van der Waals surface area contributed by atoms with Crippen molar-refractivity contribution < 1.29 is 19.1 Å². The molecule has 1 N–H and O–H groups in total. The van der Waals surface area contributed by atoms with Crippen molar-refractivity contribution in [3.05, 3.63) is 29.8 Å². The summed E-state index contributed by atoms with van der Waals surface area (Å²) in [4.78, 5) is 22.9. The van der Waals surface area contributed by atoms with Crippen LogP contribution in [0.25, 0.3) is 0 Å². The highest BCUT2D eigenvalue weighted by Gasteiger charge is 2.04. The Bertz CT molecular complexity index is 485. The fourth-order valence-electron chi connectivity index (χ4n) is 1.73. The molecule has 1 aromatic rings. The molecule has 5 nitrogen and oxygen atoms in total. The van der Waals surface area contributed by atoms with Gasteiger partial charge >= 0.3 is 0 Å². The summed E-state index contributed by atoms with van der Waals surface area (Å²) in [5.74, 6) is 0.824. The second-order valence-corrected chi connectivity index (χ2v) is 5.54. The first-order valence-electron chi connectivity index (χ1n) is 7.57. The Balaban J connectivity index is 2.18. The molecule has 0 aliphatic heterocycles. The Morgan fingerprint density at radius 1 is 1.27 bits per heavy atom. The highest BCUT2D eigenvalue weighted by molar-refractivity contribution is 5.94. The van der Waals surface area contributed by atoms with Gasteiger partial charge in [-0.15, -0.1) is 0 Å². The summed E-state index contributed by atoms with van der Waals surface area (Å²) in [6.07, 6.45) is 0.776. The number of hydrogen-bond donors (Lipinski definition) is 1. The number of carbonyl (C=O) groups excluding carboxylic acids is 2. The molecule has 22 heavy (non-hydrogen) atoms. The molecule has 5 heteroatoms. The van der Waals surface area contributed by atoms with Crippen LogP contribution in [0.1, 0.15) is 37.6 Å². The van der Waals surface area contributed by atoms with Crippen LogP contribution in [-0.2, 0) is 9.53 Å². The molecule has 0 saturated heterocycles. The second-order valence-electron chi connectivity index (χ2n) is 5.54. The van der Waals surface area contributed by atoms with E-state index in [9.17, 15) is 9.59 Å². The SMILES string of the molecule is CC(=O)c1cccc(OCC(=O)NCCCOCC(C)C)c1. The van der Waals surface area contributed by atoms with E-state index in [-0.39, 0.29) is 18.3 Å². The second kappa shape index (κ2) is 9.95. The van der Waals surface area contributed by atoms with Crippen LogP contribution < -0.4 is 10.1 Å². The van der Waals surface area contributed by atoms with Gasteiger partial charge in [0, 0.05) is 25.3 Å². The molecule has 0 bridgehead atoms. The first-order valence-corrected chi connectivity index (χ1v) is 7.57. The van der Waals surface area contributed by atoms with E-state index in [1.807, 2.05) is 0 Å². The highest BCUT2D eigenvalue weighted by Crippen LogP contribution is 2.13. The van der Waals surface area contributed by atoms with Crippen molar-refractivity contribution in [3.63, 3.8) is 0 Å². The van der Waals surface area contributed by atoms with E-state index in [0.29, 0.717) is 30.4 Å². The maximum Gasteiger partial charge on any atom is 0.257 e. The third-order valence-electron chi connectivity index (χ3n) is 2.85. The van der Waals surface area contributed by atoms with Crippen LogP contribution in [0.15, 0.2) is 24.3 Å². The molecule has 1 aromatic carbocycles. The Labute approximate surface area is 132 Å². The van der Waals surface area contributed by atoms with E-state index in [1.54, 1.807) is 24.3 Å². The zero-order chi connectivity index (χ0) is 16.4. The lowest BCUT2D eigenvalue weighted by Gasteiger charge is -2.09. The minimum Gasteiger partial charge on any atom is -0.484 e. The summed E-state index contributed by atoms with van der Waals surface area (Å²) in [5.41, 5.74) is 0.570. The van der Waals surface area contributed by atoms with Crippen molar-refractivity contribution in [2.75, 3.05) is 26.4 Å². The lowest BCUT2D eigenvalue weighted by molar-refractivity contribution is -0.123. The van der Waals surface area contributed by atoms with Gasteiger partial charge in [-0.3, -0.25) is 9.59 Å². The molecular formula is C17H25NO4. The zero-order valence-corrected chi connectivity index (χ0v) is 13.6. The van der Waals surface area contributed by atoms with E-state index in [4.69, 9.17) is 9.47 Å². The third-order valence-corrected chi connectivity index (χ3v) is 2.85. The standard InChI is InChI=1S/C17H25NO4/c1-13(2)11-21-9-5-8-18-17(20)12-22-16-7-4-6-15(10-16)14(3)19/h4,6-7,10,13H,5,8-9,11-12H2,1-3H3,(H,18,20). The zero-order valence-electron chi connectivity index (χ0n) is 13.6. The Morgan fingerprint density at radius 3 is 2.73 bits per heavy atom. The van der Waals surface area contributed by atoms with Gasteiger partial charge in [-0.1, -0.05) is 26.0 Å². The van der Waals surface area contributed by atoms with Crippen LogP contribution in [0.2, 0.25) is 0 Å². The molecule has 0 unspecified atom stereocenters. The molecular weight excluding hydrogens is 282 g/mol. The summed E-state index contributed by atoms with van der Waals surface area (Å²) in [6, 6.07) is 6.80. The quantitative estimate of drug-likeness (QED) is 0.533. The van der Waals surface area contributed by atoms with Gasteiger partial charge in [-0.25, -0.2) is 0 Å². The number of Topliss-reactive ketones (excluding diaryl/α,β-unsaturated/α-hetero) is 1. The van der Waals surface area contributed by atoms with E-state index in [2.05, 4.69) is 19.2 Å². The third kappa shape index (κ3) is 7.78. The van der Waals surface area contributed by atoms with Gasteiger partial charge in [0.05, 0.1) is 0 Å². The molecule has 1 rings (SSSR count). The summed E-state index contributed by atoms with van der Waals surface area (Å²) < 4.78 is 10.8. The predicted octanol–water partition coefficient (Wildman–Crippen LogP) is 2.45. The van der Waals surface area contributed by atoms with Gasteiger partial charge < -0.3 is 14.8 Å². The van der Waals surface area contributed by atoms with Crippen molar-refractivity contribution in [1.29, 1.82) is 0 Å². The van der Waals surface area contributed by atoms with Gasteiger partial charge in [0.15, 0.2) is 12.4 Å². The maximum absolute atomic E-state index is 11.6. The maximum atomic E-state index is 11.6. The van der Waals surface area contributed by atoms with E-state index < -0.39 is 0 Å².